The summed E-state index contributed by atoms with van der Waals surface area (Å²) in [6, 6.07) is 0. The van der Waals surface area contributed by atoms with E-state index < -0.39 is 24.1 Å². The maximum atomic E-state index is 12.7. The van der Waals surface area contributed by atoms with Gasteiger partial charge in [0, 0.05) is 13.3 Å². The van der Waals surface area contributed by atoms with Gasteiger partial charge in [0.1, 0.15) is 5.60 Å². The third-order valence-corrected chi connectivity index (χ3v) is 4.60. The van der Waals surface area contributed by atoms with E-state index in [9.17, 15) is 18.4 Å². The highest BCUT2D eigenvalue weighted by molar-refractivity contribution is 5.72. The van der Waals surface area contributed by atoms with Crippen LogP contribution in [0.4, 0.5) is 8.78 Å². The average Bonchev–Trinajstić information content (AvgIpc) is 2.52. The van der Waals surface area contributed by atoms with Crippen molar-refractivity contribution in [3.63, 3.8) is 0 Å². The molecule has 0 radical (unpaired) electrons. The lowest BCUT2D eigenvalue weighted by Crippen LogP contribution is -2.39. The quantitative estimate of drug-likeness (QED) is 0.569. The van der Waals surface area contributed by atoms with Crippen molar-refractivity contribution in [1.82, 2.24) is 0 Å². The highest BCUT2D eigenvalue weighted by atomic mass is 19.3. The SMILES string of the molecule is CCC(C)C(=O)OC1(CCCC(=O)OCC(C)(F)F)CCCCC1. The Labute approximate surface area is 143 Å². The van der Waals surface area contributed by atoms with Crippen molar-refractivity contribution in [2.24, 2.45) is 5.92 Å². The molecule has 0 saturated heterocycles. The molecule has 24 heavy (non-hydrogen) atoms. The van der Waals surface area contributed by atoms with Crippen LogP contribution >= 0.6 is 0 Å². The van der Waals surface area contributed by atoms with Gasteiger partial charge in [-0.25, -0.2) is 8.78 Å². The van der Waals surface area contributed by atoms with Gasteiger partial charge in [0.15, 0.2) is 6.61 Å². The Bertz CT molecular complexity index is 412. The van der Waals surface area contributed by atoms with Crippen LogP contribution in [0.5, 0.6) is 0 Å². The van der Waals surface area contributed by atoms with E-state index in [2.05, 4.69) is 4.74 Å². The van der Waals surface area contributed by atoms with Crippen molar-refractivity contribution < 1.29 is 27.8 Å². The maximum absolute atomic E-state index is 12.7. The molecule has 1 aliphatic carbocycles. The van der Waals surface area contributed by atoms with E-state index in [1.165, 1.54) is 0 Å². The minimum Gasteiger partial charge on any atom is -0.459 e. The molecule has 4 nitrogen and oxygen atoms in total. The lowest BCUT2D eigenvalue weighted by atomic mass is 9.81. The molecule has 0 bridgehead atoms. The Morgan fingerprint density at radius 3 is 2.38 bits per heavy atom. The van der Waals surface area contributed by atoms with Gasteiger partial charge in [0.25, 0.3) is 5.92 Å². The van der Waals surface area contributed by atoms with Crippen molar-refractivity contribution >= 4 is 11.9 Å². The Kier molecular flexibility index (Phi) is 8.10. The number of esters is 2. The van der Waals surface area contributed by atoms with Gasteiger partial charge in [-0.1, -0.05) is 20.3 Å². The van der Waals surface area contributed by atoms with Crippen molar-refractivity contribution in [3.8, 4) is 0 Å². The molecule has 0 aliphatic heterocycles. The van der Waals surface area contributed by atoms with Crippen LogP contribution in [0.15, 0.2) is 0 Å². The molecule has 6 heteroatoms. The molecule has 1 fully saturated rings. The van der Waals surface area contributed by atoms with E-state index in [4.69, 9.17) is 4.74 Å². The molecule has 0 aromatic carbocycles. The van der Waals surface area contributed by atoms with Crippen molar-refractivity contribution in [2.45, 2.75) is 90.1 Å². The predicted octanol–water partition coefficient (Wildman–Crippen LogP) is 4.65. The molecule has 0 aromatic heterocycles. The van der Waals surface area contributed by atoms with E-state index >= 15 is 0 Å². The van der Waals surface area contributed by atoms with Gasteiger partial charge in [0.2, 0.25) is 0 Å². The first-order valence-electron chi connectivity index (χ1n) is 8.94. The first-order chi connectivity index (χ1) is 11.2. The summed E-state index contributed by atoms with van der Waals surface area (Å²) in [7, 11) is 0. The zero-order chi connectivity index (χ0) is 18.2. The second kappa shape index (κ2) is 9.33. The van der Waals surface area contributed by atoms with Crippen LogP contribution in [0, 0.1) is 5.92 Å². The van der Waals surface area contributed by atoms with Crippen LogP contribution in [0.2, 0.25) is 0 Å². The molecule has 0 amide bonds. The summed E-state index contributed by atoms with van der Waals surface area (Å²) in [5.74, 6) is -3.96. The fourth-order valence-corrected chi connectivity index (χ4v) is 2.91. The molecule has 0 heterocycles. The molecule has 0 spiro atoms. The summed E-state index contributed by atoms with van der Waals surface area (Å²) in [6.07, 6.45) is 6.57. The molecule has 140 valence electrons. The molecule has 1 atom stereocenters. The smallest absolute Gasteiger partial charge is 0.309 e. The van der Waals surface area contributed by atoms with E-state index in [1.54, 1.807) is 0 Å². The van der Waals surface area contributed by atoms with Gasteiger partial charge < -0.3 is 9.47 Å². The molecule has 0 N–H and O–H groups in total. The second-order valence-electron chi connectivity index (χ2n) is 7.06. The number of carbonyl (C=O) groups excluding carboxylic acids is 2. The van der Waals surface area contributed by atoms with Crippen molar-refractivity contribution in [3.05, 3.63) is 0 Å². The minimum absolute atomic E-state index is 0.0682. The average molecular weight is 348 g/mol. The summed E-state index contributed by atoms with van der Waals surface area (Å²) < 4.78 is 35.7. The fourth-order valence-electron chi connectivity index (χ4n) is 2.91. The van der Waals surface area contributed by atoms with Crippen LogP contribution in [-0.4, -0.2) is 30.1 Å². The third-order valence-electron chi connectivity index (χ3n) is 4.60. The van der Waals surface area contributed by atoms with Crippen LogP contribution in [0.3, 0.4) is 0 Å². The predicted molar refractivity (Wildman–Crippen MR) is 86.8 cm³/mol. The fraction of sp³-hybridized carbons (Fsp3) is 0.889. The molecule has 1 aliphatic rings. The van der Waals surface area contributed by atoms with Crippen LogP contribution in [0.25, 0.3) is 0 Å². The second-order valence-corrected chi connectivity index (χ2v) is 7.06. The van der Waals surface area contributed by atoms with E-state index in [0.29, 0.717) is 19.8 Å². The van der Waals surface area contributed by atoms with Crippen LogP contribution in [-0.2, 0) is 19.1 Å². The number of ether oxygens (including phenoxy) is 2. The van der Waals surface area contributed by atoms with Gasteiger partial charge in [0.05, 0.1) is 5.92 Å². The molecule has 1 saturated carbocycles. The van der Waals surface area contributed by atoms with Crippen LogP contribution in [0.1, 0.15) is 78.6 Å². The zero-order valence-corrected chi connectivity index (χ0v) is 15.0. The summed E-state index contributed by atoms with van der Waals surface area (Å²) in [4.78, 5) is 23.7. The standard InChI is InChI=1S/C18H30F2O4/c1-4-14(2)16(22)24-18(10-6-5-7-11-18)12-8-9-15(21)23-13-17(3,19)20/h14H,4-13H2,1-3H3. The van der Waals surface area contributed by atoms with E-state index in [-0.39, 0.29) is 18.3 Å². The lowest BCUT2D eigenvalue weighted by molar-refractivity contribution is -0.169. The number of rotatable bonds is 9. The molecule has 1 rings (SSSR count). The third kappa shape index (κ3) is 7.58. The van der Waals surface area contributed by atoms with Gasteiger partial charge in [-0.05, 0) is 44.9 Å². The first-order valence-corrected chi connectivity index (χ1v) is 8.94. The normalized spacial score (nSPS) is 18.7. The first kappa shape index (κ1) is 20.8. The Morgan fingerprint density at radius 2 is 1.83 bits per heavy atom. The topological polar surface area (TPSA) is 52.6 Å². The number of halogens is 2. The highest BCUT2D eigenvalue weighted by Crippen LogP contribution is 2.36. The molecular weight excluding hydrogens is 318 g/mol. The Morgan fingerprint density at radius 1 is 1.21 bits per heavy atom. The zero-order valence-electron chi connectivity index (χ0n) is 15.0. The van der Waals surface area contributed by atoms with Gasteiger partial charge in [-0.3, -0.25) is 9.59 Å². The lowest BCUT2D eigenvalue weighted by Gasteiger charge is -2.37. The maximum Gasteiger partial charge on any atom is 0.309 e. The number of carbonyl (C=O) groups is 2. The summed E-state index contributed by atoms with van der Waals surface area (Å²) in [5.41, 5.74) is -0.506. The number of alkyl halides is 2. The summed E-state index contributed by atoms with van der Waals surface area (Å²) >= 11 is 0. The van der Waals surface area contributed by atoms with Crippen LogP contribution < -0.4 is 0 Å². The number of hydrogen-bond acceptors (Lipinski definition) is 4. The van der Waals surface area contributed by atoms with Gasteiger partial charge in [-0.15, -0.1) is 0 Å². The van der Waals surface area contributed by atoms with E-state index in [1.807, 2.05) is 13.8 Å². The molecular formula is C18H30F2O4. The number of hydrogen-bond donors (Lipinski definition) is 0. The molecule has 1 unspecified atom stereocenters. The minimum atomic E-state index is -3.01. The summed E-state index contributed by atoms with van der Waals surface area (Å²) in [5, 5.41) is 0. The molecule has 0 aromatic rings. The van der Waals surface area contributed by atoms with E-state index in [0.717, 1.165) is 38.5 Å². The largest absolute Gasteiger partial charge is 0.459 e. The monoisotopic (exact) mass is 348 g/mol. The highest BCUT2D eigenvalue weighted by Gasteiger charge is 2.36. The van der Waals surface area contributed by atoms with Crippen molar-refractivity contribution in [2.75, 3.05) is 6.61 Å². The Balaban J connectivity index is 2.48. The van der Waals surface area contributed by atoms with Gasteiger partial charge in [-0.2, -0.15) is 0 Å². The summed E-state index contributed by atoms with van der Waals surface area (Å²) in [6.45, 7) is 3.62. The Hall–Kier alpha value is -1.20. The van der Waals surface area contributed by atoms with Gasteiger partial charge >= 0.3 is 11.9 Å². The van der Waals surface area contributed by atoms with Crippen molar-refractivity contribution in [1.29, 1.82) is 0 Å².